The van der Waals surface area contributed by atoms with Gasteiger partial charge in [-0.3, -0.25) is 14.5 Å². The molecular formula is C23H17Cl2N3O3S. The van der Waals surface area contributed by atoms with Gasteiger partial charge in [0.15, 0.2) is 5.43 Å². The molecule has 5 rings (SSSR count). The molecule has 0 saturated heterocycles. The molecule has 0 N–H and O–H groups in total. The number of amides is 1. The van der Waals surface area contributed by atoms with Crippen LogP contribution >= 0.6 is 34.5 Å². The van der Waals surface area contributed by atoms with Crippen molar-refractivity contribution >= 4 is 56.5 Å². The third kappa shape index (κ3) is 3.50. The van der Waals surface area contributed by atoms with E-state index in [0.717, 1.165) is 11.4 Å². The maximum Gasteiger partial charge on any atom is 0.297 e. The summed E-state index contributed by atoms with van der Waals surface area (Å²) in [7, 11) is 0. The minimum Gasteiger partial charge on any atom is -0.450 e. The van der Waals surface area contributed by atoms with Crippen molar-refractivity contribution in [2.24, 2.45) is 5.92 Å². The smallest absolute Gasteiger partial charge is 0.297 e. The summed E-state index contributed by atoms with van der Waals surface area (Å²) < 4.78 is 5.93. The fourth-order valence-corrected chi connectivity index (χ4v) is 5.36. The van der Waals surface area contributed by atoms with E-state index in [1.165, 1.54) is 16.2 Å². The zero-order valence-corrected chi connectivity index (χ0v) is 19.5. The summed E-state index contributed by atoms with van der Waals surface area (Å²) in [6.45, 7) is 4.18. The van der Waals surface area contributed by atoms with Crippen LogP contribution in [0.15, 0.2) is 51.7 Å². The first-order chi connectivity index (χ1) is 15.3. The Morgan fingerprint density at radius 1 is 1.09 bits per heavy atom. The summed E-state index contributed by atoms with van der Waals surface area (Å²) in [4.78, 5) is 28.6. The molecule has 1 aliphatic rings. The van der Waals surface area contributed by atoms with E-state index in [1.807, 2.05) is 6.07 Å². The number of nitrogens with zero attached hydrogens (tertiary/aromatic N) is 3. The number of carbonyl (C=O) groups excluding carboxylic acids is 1. The molecule has 1 amide bonds. The molecule has 4 aromatic rings. The fourth-order valence-electron chi connectivity index (χ4n) is 3.91. The second-order valence-electron chi connectivity index (χ2n) is 8.02. The summed E-state index contributed by atoms with van der Waals surface area (Å²) in [5.74, 6) is -0.0501. The highest BCUT2D eigenvalue weighted by Gasteiger charge is 2.45. The molecule has 0 fully saturated rings. The fraction of sp³-hybridized carbons (Fsp3) is 0.217. The molecule has 1 aliphatic heterocycles. The van der Waals surface area contributed by atoms with Crippen LogP contribution in [0.1, 0.15) is 46.6 Å². The monoisotopic (exact) mass is 485 g/mol. The summed E-state index contributed by atoms with van der Waals surface area (Å²) in [5.41, 5.74) is 0.916. The van der Waals surface area contributed by atoms with Crippen molar-refractivity contribution in [2.45, 2.75) is 26.3 Å². The lowest BCUT2D eigenvalue weighted by Gasteiger charge is -2.22. The van der Waals surface area contributed by atoms with Crippen LogP contribution < -0.4 is 10.3 Å². The van der Waals surface area contributed by atoms with E-state index in [1.54, 1.807) is 36.4 Å². The molecule has 0 bridgehead atoms. The van der Waals surface area contributed by atoms with E-state index in [2.05, 4.69) is 24.0 Å². The number of aromatic nitrogens is 2. The number of fused-ring (bicyclic) bond motifs is 2. The van der Waals surface area contributed by atoms with Gasteiger partial charge >= 0.3 is 0 Å². The summed E-state index contributed by atoms with van der Waals surface area (Å²) >= 11 is 13.7. The van der Waals surface area contributed by atoms with E-state index in [-0.39, 0.29) is 16.8 Å². The van der Waals surface area contributed by atoms with Crippen LogP contribution in [-0.2, 0) is 6.42 Å². The predicted octanol–water partition coefficient (Wildman–Crippen LogP) is 5.90. The molecule has 32 heavy (non-hydrogen) atoms. The third-order valence-corrected chi connectivity index (χ3v) is 6.66. The minimum atomic E-state index is -0.740. The highest BCUT2D eigenvalue weighted by molar-refractivity contribution is 7.15. The van der Waals surface area contributed by atoms with Crippen molar-refractivity contribution in [1.29, 1.82) is 0 Å². The Hall–Kier alpha value is -2.74. The molecule has 3 heterocycles. The van der Waals surface area contributed by atoms with E-state index in [9.17, 15) is 9.59 Å². The summed E-state index contributed by atoms with van der Waals surface area (Å²) in [5, 5.41) is 11.0. The molecule has 9 heteroatoms. The van der Waals surface area contributed by atoms with E-state index < -0.39 is 11.9 Å². The molecule has 0 aliphatic carbocycles. The van der Waals surface area contributed by atoms with Crippen LogP contribution in [0.5, 0.6) is 0 Å². The number of hydrogen-bond acceptors (Lipinski definition) is 6. The predicted molar refractivity (Wildman–Crippen MR) is 126 cm³/mol. The van der Waals surface area contributed by atoms with Gasteiger partial charge in [0.1, 0.15) is 10.6 Å². The lowest BCUT2D eigenvalue weighted by atomic mass is 9.99. The highest BCUT2D eigenvalue weighted by atomic mass is 35.5. The van der Waals surface area contributed by atoms with Gasteiger partial charge in [-0.05, 0) is 41.8 Å². The van der Waals surface area contributed by atoms with Crippen LogP contribution in [0.4, 0.5) is 5.13 Å². The molecule has 0 radical (unpaired) electrons. The Bertz CT molecular complexity index is 1430. The lowest BCUT2D eigenvalue weighted by Crippen LogP contribution is -2.29. The number of halogens is 2. The van der Waals surface area contributed by atoms with Crippen LogP contribution in [0.2, 0.25) is 10.0 Å². The van der Waals surface area contributed by atoms with Gasteiger partial charge < -0.3 is 4.42 Å². The quantitative estimate of drug-likeness (QED) is 0.359. The van der Waals surface area contributed by atoms with Crippen molar-refractivity contribution in [3.63, 3.8) is 0 Å². The Labute approximate surface area is 197 Å². The molecule has 162 valence electrons. The number of carbonyl (C=O) groups is 1. The Balaban J connectivity index is 1.75. The minimum absolute atomic E-state index is 0.00425. The van der Waals surface area contributed by atoms with Crippen LogP contribution in [0.3, 0.4) is 0 Å². The molecule has 2 aromatic carbocycles. The zero-order valence-electron chi connectivity index (χ0n) is 17.1. The molecule has 2 aromatic heterocycles. The molecule has 6 nitrogen and oxygen atoms in total. The average molecular weight is 486 g/mol. The lowest BCUT2D eigenvalue weighted by molar-refractivity contribution is 0.0970. The normalized spacial score (nSPS) is 15.7. The van der Waals surface area contributed by atoms with Crippen molar-refractivity contribution < 1.29 is 9.21 Å². The van der Waals surface area contributed by atoms with Crippen molar-refractivity contribution in [3.8, 4) is 0 Å². The molecule has 0 saturated carbocycles. The maximum absolute atomic E-state index is 13.6. The highest BCUT2D eigenvalue weighted by Crippen LogP contribution is 2.42. The Kier molecular flexibility index (Phi) is 5.28. The Morgan fingerprint density at radius 3 is 2.62 bits per heavy atom. The molecular weight excluding hydrogens is 469 g/mol. The first kappa shape index (κ1) is 21.1. The molecule has 1 atom stereocenters. The van der Waals surface area contributed by atoms with Gasteiger partial charge in [-0.2, -0.15) is 0 Å². The van der Waals surface area contributed by atoms with Crippen molar-refractivity contribution in [3.05, 3.63) is 84.6 Å². The number of hydrogen-bond donors (Lipinski definition) is 0. The largest absolute Gasteiger partial charge is 0.450 e. The van der Waals surface area contributed by atoms with Gasteiger partial charge in [-0.1, -0.05) is 60.5 Å². The van der Waals surface area contributed by atoms with E-state index in [0.29, 0.717) is 37.6 Å². The maximum atomic E-state index is 13.6. The van der Waals surface area contributed by atoms with Crippen LogP contribution in [0, 0.1) is 5.92 Å². The Morgan fingerprint density at radius 2 is 1.88 bits per heavy atom. The number of anilines is 1. The second-order valence-corrected chi connectivity index (χ2v) is 9.94. The van der Waals surface area contributed by atoms with E-state index in [4.69, 9.17) is 27.6 Å². The first-order valence-corrected chi connectivity index (χ1v) is 11.6. The van der Waals surface area contributed by atoms with Crippen molar-refractivity contribution in [1.82, 2.24) is 10.2 Å². The van der Waals surface area contributed by atoms with Crippen LogP contribution in [0.25, 0.3) is 11.0 Å². The van der Waals surface area contributed by atoms with Gasteiger partial charge in [0.2, 0.25) is 10.9 Å². The van der Waals surface area contributed by atoms with Gasteiger partial charge in [0.05, 0.1) is 17.0 Å². The van der Waals surface area contributed by atoms with Crippen molar-refractivity contribution in [2.75, 3.05) is 4.90 Å². The van der Waals surface area contributed by atoms with Gasteiger partial charge in [0.25, 0.3) is 5.91 Å². The zero-order chi connectivity index (χ0) is 22.6. The van der Waals surface area contributed by atoms with Gasteiger partial charge in [-0.25, -0.2) is 0 Å². The second kappa shape index (κ2) is 7.99. The topological polar surface area (TPSA) is 76.3 Å². The molecule has 0 spiro atoms. The number of rotatable bonds is 4. The first-order valence-electron chi connectivity index (χ1n) is 10.0. The standard InChI is InChI=1S/C23H17Cl2N3O3S/c1-11(2)8-17-26-27-23(32-17)28-19(12-4-3-5-13(24)9-12)18-20(29)15-10-14(25)6-7-16(15)31-21(18)22(28)30/h3-7,9-11,19H,8H2,1-2H3/t19-/m0/s1. The molecule has 0 unspecified atom stereocenters. The summed E-state index contributed by atoms with van der Waals surface area (Å²) in [6, 6.07) is 11.1. The number of benzene rings is 2. The van der Waals surface area contributed by atoms with E-state index >= 15 is 0 Å². The van der Waals surface area contributed by atoms with Crippen LogP contribution in [-0.4, -0.2) is 16.1 Å². The average Bonchev–Trinajstić information content (AvgIpc) is 3.30. The third-order valence-electron chi connectivity index (χ3n) is 5.24. The summed E-state index contributed by atoms with van der Waals surface area (Å²) in [6.07, 6.45) is 0.744. The SMILES string of the molecule is CC(C)Cc1nnc(N2C(=O)c3oc4ccc(Cl)cc4c(=O)c3[C@@H]2c2cccc(Cl)c2)s1. The van der Waals surface area contributed by atoms with Gasteiger partial charge in [-0.15, -0.1) is 10.2 Å². The van der Waals surface area contributed by atoms with Gasteiger partial charge in [0, 0.05) is 16.5 Å².